The van der Waals surface area contributed by atoms with E-state index in [1.807, 2.05) is 6.92 Å². The molecule has 7 heteroatoms. The largest absolute Gasteiger partial charge is 0.480 e. The predicted octanol–water partition coefficient (Wildman–Crippen LogP) is 0.147. The molecule has 0 bridgehead atoms. The van der Waals surface area contributed by atoms with Gasteiger partial charge in [0.05, 0.1) is 5.92 Å². The van der Waals surface area contributed by atoms with Gasteiger partial charge in [-0.25, -0.2) is 9.59 Å². The number of piperidine rings is 1. The van der Waals surface area contributed by atoms with Gasteiger partial charge in [-0.3, -0.25) is 4.79 Å². The van der Waals surface area contributed by atoms with Crippen LogP contribution in [0.25, 0.3) is 0 Å². The van der Waals surface area contributed by atoms with Crippen molar-refractivity contribution in [1.82, 2.24) is 10.2 Å². The van der Waals surface area contributed by atoms with Crippen LogP contribution in [-0.4, -0.2) is 47.0 Å². The van der Waals surface area contributed by atoms with E-state index in [-0.39, 0.29) is 12.5 Å². The number of rotatable bonds is 5. The maximum absolute atomic E-state index is 12.0. The second-order valence-electron chi connectivity index (χ2n) is 4.82. The van der Waals surface area contributed by atoms with E-state index in [2.05, 4.69) is 5.32 Å². The minimum absolute atomic E-state index is 0.264. The van der Waals surface area contributed by atoms with Crippen LogP contribution in [0, 0.1) is 5.92 Å². The van der Waals surface area contributed by atoms with E-state index < -0.39 is 23.9 Å². The molecule has 2 atom stereocenters. The number of hydrogen-bond donors (Lipinski definition) is 3. The maximum atomic E-state index is 12.0. The summed E-state index contributed by atoms with van der Waals surface area (Å²) in [5.74, 6) is -1.80. The van der Waals surface area contributed by atoms with E-state index in [0.717, 1.165) is 0 Å². The Hall–Kier alpha value is -1.79. The van der Waals surface area contributed by atoms with Gasteiger partial charge in [0.15, 0.2) is 0 Å². The van der Waals surface area contributed by atoms with Crippen molar-refractivity contribution < 1.29 is 19.5 Å². The van der Waals surface area contributed by atoms with Gasteiger partial charge in [0.25, 0.3) is 0 Å². The molecular formula is C12H21N3O4. The van der Waals surface area contributed by atoms with E-state index in [1.54, 1.807) is 0 Å². The molecule has 19 heavy (non-hydrogen) atoms. The van der Waals surface area contributed by atoms with E-state index in [4.69, 9.17) is 10.8 Å². The number of carboxylic acids is 1. The van der Waals surface area contributed by atoms with E-state index >= 15 is 0 Å². The lowest BCUT2D eigenvalue weighted by Gasteiger charge is -2.32. The molecular weight excluding hydrogens is 250 g/mol. The van der Waals surface area contributed by atoms with E-state index in [0.29, 0.717) is 32.2 Å². The van der Waals surface area contributed by atoms with Crippen molar-refractivity contribution >= 4 is 17.9 Å². The predicted molar refractivity (Wildman–Crippen MR) is 68.4 cm³/mol. The Labute approximate surface area is 112 Å². The summed E-state index contributed by atoms with van der Waals surface area (Å²) in [5.41, 5.74) is 5.24. The molecule has 0 radical (unpaired) electrons. The van der Waals surface area contributed by atoms with Crippen LogP contribution in [0.2, 0.25) is 0 Å². The average molecular weight is 271 g/mol. The van der Waals surface area contributed by atoms with Crippen LogP contribution >= 0.6 is 0 Å². The minimum atomic E-state index is -1.04. The normalized spacial score (nSPS) is 20.7. The zero-order valence-electron chi connectivity index (χ0n) is 11.1. The molecule has 7 nitrogen and oxygen atoms in total. The minimum Gasteiger partial charge on any atom is -0.480 e. The number of carboxylic acid groups (broad SMARTS) is 1. The molecule has 0 saturated carbocycles. The fourth-order valence-electron chi connectivity index (χ4n) is 2.18. The number of nitrogens with one attached hydrogen (secondary N) is 1. The summed E-state index contributed by atoms with van der Waals surface area (Å²) in [5, 5.41) is 11.5. The first kappa shape index (κ1) is 15.3. The summed E-state index contributed by atoms with van der Waals surface area (Å²) in [6.07, 6.45) is 2.43. The lowest BCUT2D eigenvalue weighted by molar-refractivity contribution is -0.139. The molecule has 1 saturated heterocycles. The van der Waals surface area contributed by atoms with Crippen LogP contribution in [0.3, 0.4) is 0 Å². The number of carbonyl (C=O) groups is 3. The molecule has 0 aromatic carbocycles. The van der Waals surface area contributed by atoms with Crippen molar-refractivity contribution in [3.05, 3.63) is 0 Å². The van der Waals surface area contributed by atoms with Crippen molar-refractivity contribution in [3.63, 3.8) is 0 Å². The molecule has 3 amide bonds. The van der Waals surface area contributed by atoms with Gasteiger partial charge in [-0.15, -0.1) is 0 Å². The Morgan fingerprint density at radius 3 is 2.68 bits per heavy atom. The maximum Gasteiger partial charge on any atom is 0.326 e. The quantitative estimate of drug-likeness (QED) is 0.660. The molecule has 1 aliphatic rings. The highest BCUT2D eigenvalue weighted by Crippen LogP contribution is 2.16. The molecule has 0 spiro atoms. The molecule has 2 unspecified atom stereocenters. The Bertz CT molecular complexity index is 359. The fourth-order valence-corrected chi connectivity index (χ4v) is 2.18. The summed E-state index contributed by atoms with van der Waals surface area (Å²) in [7, 11) is 0. The summed E-state index contributed by atoms with van der Waals surface area (Å²) in [6.45, 7) is 2.64. The zero-order valence-corrected chi connectivity index (χ0v) is 11.1. The van der Waals surface area contributed by atoms with Crippen LogP contribution in [0.4, 0.5) is 4.79 Å². The molecule has 1 rings (SSSR count). The smallest absolute Gasteiger partial charge is 0.326 e. The molecule has 4 N–H and O–H groups in total. The highest BCUT2D eigenvalue weighted by atomic mass is 16.4. The first-order chi connectivity index (χ1) is 8.95. The Balaban J connectivity index is 2.56. The van der Waals surface area contributed by atoms with E-state index in [9.17, 15) is 14.4 Å². The van der Waals surface area contributed by atoms with E-state index in [1.165, 1.54) is 4.90 Å². The number of amides is 3. The fraction of sp³-hybridized carbons (Fsp3) is 0.750. The molecule has 1 fully saturated rings. The van der Waals surface area contributed by atoms with Gasteiger partial charge >= 0.3 is 12.0 Å². The van der Waals surface area contributed by atoms with Crippen LogP contribution in [0.5, 0.6) is 0 Å². The highest BCUT2D eigenvalue weighted by molar-refractivity contribution is 5.83. The molecule has 108 valence electrons. The Morgan fingerprint density at radius 1 is 1.47 bits per heavy atom. The monoisotopic (exact) mass is 271 g/mol. The second-order valence-corrected chi connectivity index (χ2v) is 4.82. The van der Waals surface area contributed by atoms with Crippen LogP contribution in [-0.2, 0) is 9.59 Å². The summed E-state index contributed by atoms with van der Waals surface area (Å²) in [6, 6.07) is -1.32. The van der Waals surface area contributed by atoms with Gasteiger partial charge in [0.1, 0.15) is 6.04 Å². The van der Waals surface area contributed by atoms with Crippen LogP contribution < -0.4 is 11.1 Å². The Morgan fingerprint density at radius 2 is 2.16 bits per heavy atom. The zero-order chi connectivity index (χ0) is 14.4. The number of carbonyl (C=O) groups excluding carboxylic acids is 2. The van der Waals surface area contributed by atoms with Crippen molar-refractivity contribution in [2.75, 3.05) is 13.1 Å². The standard InChI is InChI=1S/C12H21N3O4/c1-2-4-9(11(17)18)14-12(19)15-6-3-5-8(7-15)10(13)16/h8-9H,2-7H2,1H3,(H2,13,16)(H,14,19)(H,17,18). The number of nitrogens with two attached hydrogens (primary N) is 1. The summed E-state index contributed by atoms with van der Waals surface area (Å²) in [4.78, 5) is 35.5. The van der Waals surface area contributed by atoms with Gasteiger partial charge < -0.3 is 21.1 Å². The summed E-state index contributed by atoms with van der Waals surface area (Å²) >= 11 is 0. The van der Waals surface area contributed by atoms with Crippen molar-refractivity contribution in [2.45, 2.75) is 38.6 Å². The van der Waals surface area contributed by atoms with Crippen molar-refractivity contribution in [3.8, 4) is 0 Å². The van der Waals surface area contributed by atoms with Crippen LogP contribution in [0.15, 0.2) is 0 Å². The average Bonchev–Trinajstić information content (AvgIpc) is 2.38. The number of hydrogen-bond acceptors (Lipinski definition) is 3. The number of likely N-dealkylation sites (tertiary alicyclic amines) is 1. The molecule has 1 heterocycles. The lowest BCUT2D eigenvalue weighted by Crippen LogP contribution is -2.52. The van der Waals surface area contributed by atoms with Gasteiger partial charge in [-0.05, 0) is 19.3 Å². The third-order valence-corrected chi connectivity index (χ3v) is 3.28. The first-order valence-corrected chi connectivity index (χ1v) is 6.53. The molecule has 0 aliphatic carbocycles. The topological polar surface area (TPSA) is 113 Å². The Kier molecular flexibility index (Phi) is 5.59. The van der Waals surface area contributed by atoms with Gasteiger partial charge in [0, 0.05) is 13.1 Å². The third kappa shape index (κ3) is 4.42. The molecule has 0 aromatic rings. The van der Waals surface area contributed by atoms with Gasteiger partial charge in [0.2, 0.25) is 5.91 Å². The number of primary amides is 1. The highest BCUT2D eigenvalue weighted by Gasteiger charge is 2.29. The van der Waals surface area contributed by atoms with Gasteiger partial charge in [-0.2, -0.15) is 0 Å². The van der Waals surface area contributed by atoms with Crippen molar-refractivity contribution in [1.29, 1.82) is 0 Å². The molecule has 1 aliphatic heterocycles. The SMILES string of the molecule is CCCC(NC(=O)N1CCCC(C(N)=O)C1)C(=O)O. The third-order valence-electron chi connectivity index (χ3n) is 3.28. The number of nitrogens with zero attached hydrogens (tertiary/aromatic N) is 1. The summed E-state index contributed by atoms with van der Waals surface area (Å²) < 4.78 is 0. The second kappa shape index (κ2) is 6.96. The lowest BCUT2D eigenvalue weighted by atomic mass is 9.98. The van der Waals surface area contributed by atoms with Gasteiger partial charge in [-0.1, -0.05) is 13.3 Å². The van der Waals surface area contributed by atoms with Crippen molar-refractivity contribution in [2.24, 2.45) is 11.7 Å². The number of aliphatic carboxylic acids is 1. The van der Waals surface area contributed by atoms with Crippen LogP contribution in [0.1, 0.15) is 32.6 Å². The first-order valence-electron chi connectivity index (χ1n) is 6.53. The molecule has 0 aromatic heterocycles. The number of urea groups is 1.